The van der Waals surface area contributed by atoms with E-state index >= 15 is 0 Å². The highest BCUT2D eigenvalue weighted by molar-refractivity contribution is 7.13. The molecule has 0 aliphatic carbocycles. The van der Waals surface area contributed by atoms with Crippen LogP contribution in [0, 0.1) is 5.41 Å². The van der Waals surface area contributed by atoms with Gasteiger partial charge in [-0.2, -0.15) is 0 Å². The highest BCUT2D eigenvalue weighted by atomic mass is 32.1. The van der Waals surface area contributed by atoms with Gasteiger partial charge >= 0.3 is 0 Å². The Labute approximate surface area is 94.6 Å². The number of aryl methyl sites for hydroxylation is 1. The molecule has 4 nitrogen and oxygen atoms in total. The van der Waals surface area contributed by atoms with Gasteiger partial charge in [0.25, 0.3) is 0 Å². The standard InChI is InChI=1S/C10H18N4S/c1-4-8-6-15-10(13-8)14(3)7(2)5-9(11)12/h6-7H,4-5H2,1-3H3,(H3,11,12). The summed E-state index contributed by atoms with van der Waals surface area (Å²) in [6.07, 6.45) is 1.54. The minimum Gasteiger partial charge on any atom is -0.388 e. The number of rotatable bonds is 5. The number of nitrogens with one attached hydrogen (secondary N) is 1. The van der Waals surface area contributed by atoms with Crippen LogP contribution in [-0.4, -0.2) is 23.9 Å². The first-order valence-electron chi connectivity index (χ1n) is 5.04. The van der Waals surface area contributed by atoms with Crippen molar-refractivity contribution in [3.05, 3.63) is 11.1 Å². The van der Waals surface area contributed by atoms with Gasteiger partial charge in [0, 0.05) is 24.9 Å². The molecule has 1 unspecified atom stereocenters. The maximum atomic E-state index is 7.26. The Bertz CT molecular complexity index is 334. The van der Waals surface area contributed by atoms with Crippen molar-refractivity contribution < 1.29 is 0 Å². The zero-order valence-electron chi connectivity index (χ0n) is 9.45. The van der Waals surface area contributed by atoms with E-state index < -0.39 is 0 Å². The molecule has 0 aliphatic heterocycles. The van der Waals surface area contributed by atoms with Crippen LogP contribution in [0.25, 0.3) is 0 Å². The summed E-state index contributed by atoms with van der Waals surface area (Å²) in [5, 5.41) is 10.3. The summed E-state index contributed by atoms with van der Waals surface area (Å²) in [6, 6.07) is 0.221. The molecule has 0 saturated carbocycles. The third-order valence-electron chi connectivity index (χ3n) is 2.38. The number of nitrogens with zero attached hydrogens (tertiary/aromatic N) is 2. The van der Waals surface area contributed by atoms with E-state index in [1.807, 2.05) is 7.05 Å². The molecule has 0 spiro atoms. The van der Waals surface area contributed by atoms with Crippen LogP contribution in [0.4, 0.5) is 5.13 Å². The lowest BCUT2D eigenvalue weighted by Gasteiger charge is -2.23. The number of hydrogen-bond acceptors (Lipinski definition) is 4. The van der Waals surface area contributed by atoms with Crippen molar-refractivity contribution in [3.8, 4) is 0 Å². The average molecular weight is 226 g/mol. The molecule has 5 heteroatoms. The van der Waals surface area contributed by atoms with E-state index in [1.54, 1.807) is 11.3 Å². The van der Waals surface area contributed by atoms with Gasteiger partial charge in [0.15, 0.2) is 5.13 Å². The summed E-state index contributed by atoms with van der Waals surface area (Å²) >= 11 is 1.64. The van der Waals surface area contributed by atoms with Crippen LogP contribution >= 0.6 is 11.3 Å². The summed E-state index contributed by atoms with van der Waals surface area (Å²) in [6.45, 7) is 4.15. The van der Waals surface area contributed by atoms with Crippen molar-refractivity contribution in [2.24, 2.45) is 5.73 Å². The van der Waals surface area contributed by atoms with E-state index in [0.29, 0.717) is 6.42 Å². The molecule has 3 N–H and O–H groups in total. The summed E-state index contributed by atoms with van der Waals surface area (Å²) in [4.78, 5) is 6.56. The summed E-state index contributed by atoms with van der Waals surface area (Å²) in [5.74, 6) is 0.224. The van der Waals surface area contributed by atoms with Crippen LogP contribution in [-0.2, 0) is 6.42 Å². The minimum atomic E-state index is 0.221. The normalized spacial score (nSPS) is 12.5. The molecular weight excluding hydrogens is 208 g/mol. The van der Waals surface area contributed by atoms with Crippen LogP contribution < -0.4 is 10.6 Å². The highest BCUT2D eigenvalue weighted by Gasteiger charge is 2.13. The maximum Gasteiger partial charge on any atom is 0.185 e. The molecular formula is C10H18N4S. The molecule has 1 aromatic rings. The van der Waals surface area contributed by atoms with Crippen LogP contribution in [0.1, 0.15) is 26.0 Å². The topological polar surface area (TPSA) is 66.0 Å². The Morgan fingerprint density at radius 1 is 1.73 bits per heavy atom. The van der Waals surface area contributed by atoms with E-state index in [0.717, 1.165) is 17.2 Å². The summed E-state index contributed by atoms with van der Waals surface area (Å²) in [7, 11) is 1.99. The fourth-order valence-corrected chi connectivity index (χ4v) is 2.24. The molecule has 1 atom stereocenters. The van der Waals surface area contributed by atoms with Gasteiger partial charge in [-0.25, -0.2) is 4.98 Å². The first-order valence-corrected chi connectivity index (χ1v) is 5.92. The average Bonchev–Trinajstić information content (AvgIpc) is 2.63. The van der Waals surface area contributed by atoms with Crippen LogP contribution in [0.5, 0.6) is 0 Å². The van der Waals surface area contributed by atoms with Gasteiger partial charge in [0.05, 0.1) is 11.5 Å². The molecule has 0 radical (unpaired) electrons. The minimum absolute atomic E-state index is 0.221. The van der Waals surface area contributed by atoms with Crippen LogP contribution in [0.2, 0.25) is 0 Å². The molecule has 0 bridgehead atoms. The van der Waals surface area contributed by atoms with Crippen molar-refractivity contribution in [1.82, 2.24) is 4.98 Å². The molecule has 15 heavy (non-hydrogen) atoms. The number of amidine groups is 1. The van der Waals surface area contributed by atoms with Crippen LogP contribution in [0.3, 0.4) is 0 Å². The van der Waals surface area contributed by atoms with E-state index in [1.165, 1.54) is 0 Å². The Hall–Kier alpha value is -1.10. The Kier molecular flexibility index (Phi) is 4.08. The summed E-state index contributed by atoms with van der Waals surface area (Å²) < 4.78 is 0. The zero-order chi connectivity index (χ0) is 11.4. The second-order valence-corrected chi connectivity index (χ2v) is 4.50. The monoisotopic (exact) mass is 226 g/mol. The lowest BCUT2D eigenvalue weighted by Crippen LogP contribution is -2.32. The van der Waals surface area contributed by atoms with E-state index in [4.69, 9.17) is 11.1 Å². The quantitative estimate of drug-likeness (QED) is 0.595. The predicted octanol–water partition coefficient (Wildman–Crippen LogP) is 1.86. The fourth-order valence-electron chi connectivity index (χ4n) is 1.26. The number of nitrogens with two attached hydrogens (primary N) is 1. The fraction of sp³-hybridized carbons (Fsp3) is 0.600. The van der Waals surface area contributed by atoms with Gasteiger partial charge in [-0.05, 0) is 13.3 Å². The van der Waals surface area contributed by atoms with E-state index in [2.05, 4.69) is 29.1 Å². The lowest BCUT2D eigenvalue weighted by atomic mass is 10.2. The molecule has 0 aromatic carbocycles. The van der Waals surface area contributed by atoms with Crippen molar-refractivity contribution >= 4 is 22.3 Å². The molecule has 0 aliphatic rings. The predicted molar refractivity (Wildman–Crippen MR) is 65.9 cm³/mol. The maximum absolute atomic E-state index is 7.26. The molecule has 0 saturated heterocycles. The third kappa shape index (κ3) is 3.20. The van der Waals surface area contributed by atoms with Crippen LogP contribution in [0.15, 0.2) is 5.38 Å². The van der Waals surface area contributed by atoms with Crippen molar-refractivity contribution in [1.29, 1.82) is 5.41 Å². The van der Waals surface area contributed by atoms with Crippen molar-refractivity contribution in [2.45, 2.75) is 32.7 Å². The van der Waals surface area contributed by atoms with Crippen molar-refractivity contribution in [3.63, 3.8) is 0 Å². The number of anilines is 1. The molecule has 1 rings (SSSR count). The highest BCUT2D eigenvalue weighted by Crippen LogP contribution is 2.22. The smallest absolute Gasteiger partial charge is 0.185 e. The summed E-state index contributed by atoms with van der Waals surface area (Å²) in [5.41, 5.74) is 6.50. The van der Waals surface area contributed by atoms with Gasteiger partial charge in [-0.1, -0.05) is 6.92 Å². The van der Waals surface area contributed by atoms with Gasteiger partial charge in [0.1, 0.15) is 0 Å². The Morgan fingerprint density at radius 3 is 2.87 bits per heavy atom. The van der Waals surface area contributed by atoms with Gasteiger partial charge in [-0.3, -0.25) is 5.41 Å². The first kappa shape index (κ1) is 12.0. The second-order valence-electron chi connectivity index (χ2n) is 3.66. The zero-order valence-corrected chi connectivity index (χ0v) is 10.3. The third-order valence-corrected chi connectivity index (χ3v) is 3.36. The second kappa shape index (κ2) is 5.11. The van der Waals surface area contributed by atoms with Gasteiger partial charge in [-0.15, -0.1) is 11.3 Å². The number of hydrogen-bond donors (Lipinski definition) is 2. The van der Waals surface area contributed by atoms with Crippen molar-refractivity contribution in [2.75, 3.05) is 11.9 Å². The molecule has 1 heterocycles. The first-order chi connectivity index (χ1) is 7.04. The van der Waals surface area contributed by atoms with Gasteiger partial charge in [0.2, 0.25) is 0 Å². The molecule has 0 amide bonds. The molecule has 1 aromatic heterocycles. The van der Waals surface area contributed by atoms with E-state index in [-0.39, 0.29) is 11.9 Å². The molecule has 84 valence electrons. The Morgan fingerprint density at radius 2 is 2.40 bits per heavy atom. The lowest BCUT2D eigenvalue weighted by molar-refractivity contribution is 0.705. The number of thiazole rings is 1. The SMILES string of the molecule is CCc1csc(N(C)C(C)CC(=N)N)n1. The largest absolute Gasteiger partial charge is 0.388 e. The van der Waals surface area contributed by atoms with E-state index in [9.17, 15) is 0 Å². The Balaban J connectivity index is 2.66. The van der Waals surface area contributed by atoms with Gasteiger partial charge < -0.3 is 10.6 Å². The molecule has 0 fully saturated rings. The number of aromatic nitrogens is 1.